The first kappa shape index (κ1) is 9.93. The highest BCUT2D eigenvalue weighted by molar-refractivity contribution is 7.98. The van der Waals surface area contributed by atoms with Crippen LogP contribution in [-0.2, 0) is 5.75 Å². The van der Waals surface area contributed by atoms with Crippen LogP contribution in [0.4, 0.5) is 8.78 Å². The smallest absolute Gasteiger partial charge is 0.131 e. The van der Waals surface area contributed by atoms with Crippen molar-refractivity contribution in [3.8, 4) is 0 Å². The second-order valence-electron chi connectivity index (χ2n) is 3.32. The minimum Gasteiger partial charge on any atom is -0.312 e. The van der Waals surface area contributed by atoms with Crippen molar-refractivity contribution in [3.05, 3.63) is 34.9 Å². The fourth-order valence-corrected chi connectivity index (χ4v) is 2.89. The highest BCUT2D eigenvalue weighted by Gasteiger charge is 2.23. The SMILES string of the molecule is CNC1CSCc2cc(F)cc(F)c21. The Hall–Kier alpha value is -0.610. The first-order valence-corrected chi connectivity index (χ1v) is 5.60. The lowest BCUT2D eigenvalue weighted by Crippen LogP contribution is -2.24. The average Bonchev–Trinajstić information content (AvgIpc) is 2.16. The molecule has 0 radical (unpaired) electrons. The summed E-state index contributed by atoms with van der Waals surface area (Å²) in [7, 11) is 1.79. The molecule has 1 N–H and O–H groups in total. The largest absolute Gasteiger partial charge is 0.312 e. The van der Waals surface area contributed by atoms with E-state index in [0.717, 1.165) is 17.4 Å². The van der Waals surface area contributed by atoms with E-state index >= 15 is 0 Å². The second-order valence-corrected chi connectivity index (χ2v) is 4.35. The lowest BCUT2D eigenvalue weighted by Gasteiger charge is -2.25. The summed E-state index contributed by atoms with van der Waals surface area (Å²) in [6, 6.07) is 2.39. The maximum atomic E-state index is 13.5. The van der Waals surface area contributed by atoms with Crippen LogP contribution in [0.25, 0.3) is 0 Å². The quantitative estimate of drug-likeness (QED) is 0.772. The number of hydrogen-bond donors (Lipinski definition) is 1. The number of benzene rings is 1. The van der Waals surface area contributed by atoms with Crippen molar-refractivity contribution >= 4 is 11.8 Å². The molecule has 0 saturated heterocycles. The zero-order valence-corrected chi connectivity index (χ0v) is 8.63. The molecule has 14 heavy (non-hydrogen) atoms. The van der Waals surface area contributed by atoms with Crippen LogP contribution < -0.4 is 5.32 Å². The van der Waals surface area contributed by atoms with Gasteiger partial charge in [-0.15, -0.1) is 0 Å². The van der Waals surface area contributed by atoms with Crippen LogP contribution in [0, 0.1) is 11.6 Å². The van der Waals surface area contributed by atoms with Crippen LogP contribution in [0.3, 0.4) is 0 Å². The van der Waals surface area contributed by atoms with Gasteiger partial charge in [-0.3, -0.25) is 0 Å². The van der Waals surface area contributed by atoms with Gasteiger partial charge < -0.3 is 5.32 Å². The van der Waals surface area contributed by atoms with Crippen molar-refractivity contribution in [3.63, 3.8) is 0 Å². The molecule has 1 aliphatic rings. The highest BCUT2D eigenvalue weighted by atomic mass is 32.2. The van der Waals surface area contributed by atoms with E-state index in [0.29, 0.717) is 11.3 Å². The van der Waals surface area contributed by atoms with E-state index in [2.05, 4.69) is 5.32 Å². The Morgan fingerprint density at radius 3 is 2.93 bits per heavy atom. The van der Waals surface area contributed by atoms with Gasteiger partial charge in [0.05, 0.1) is 0 Å². The normalized spacial score (nSPS) is 20.6. The number of halogens is 2. The maximum absolute atomic E-state index is 13.5. The first-order chi connectivity index (χ1) is 6.72. The molecule has 0 bridgehead atoms. The molecule has 0 spiro atoms. The van der Waals surface area contributed by atoms with Crippen molar-refractivity contribution in [1.29, 1.82) is 0 Å². The first-order valence-electron chi connectivity index (χ1n) is 4.45. The highest BCUT2D eigenvalue weighted by Crippen LogP contribution is 2.33. The van der Waals surface area contributed by atoms with Crippen molar-refractivity contribution in [2.45, 2.75) is 11.8 Å². The summed E-state index contributed by atoms with van der Waals surface area (Å²) in [4.78, 5) is 0. The van der Waals surface area contributed by atoms with Gasteiger partial charge in [-0.2, -0.15) is 11.8 Å². The lowest BCUT2D eigenvalue weighted by molar-refractivity contribution is 0.538. The van der Waals surface area contributed by atoms with E-state index in [1.54, 1.807) is 18.8 Å². The van der Waals surface area contributed by atoms with Crippen molar-refractivity contribution in [1.82, 2.24) is 5.32 Å². The molecule has 1 aliphatic heterocycles. The Bertz CT molecular complexity index is 354. The lowest BCUT2D eigenvalue weighted by atomic mass is 10.0. The molecule has 0 saturated carbocycles. The Morgan fingerprint density at radius 1 is 1.43 bits per heavy atom. The zero-order valence-electron chi connectivity index (χ0n) is 7.81. The molecule has 1 unspecified atom stereocenters. The molecule has 0 fully saturated rings. The Morgan fingerprint density at radius 2 is 2.21 bits per heavy atom. The molecule has 1 aromatic carbocycles. The van der Waals surface area contributed by atoms with Crippen LogP contribution in [0.1, 0.15) is 17.2 Å². The summed E-state index contributed by atoms with van der Waals surface area (Å²) in [5.74, 6) is 0.618. The molecule has 0 aromatic heterocycles. The van der Waals surface area contributed by atoms with E-state index in [9.17, 15) is 8.78 Å². The molecule has 1 nitrogen and oxygen atoms in total. The van der Waals surface area contributed by atoms with Gasteiger partial charge in [0.2, 0.25) is 0 Å². The van der Waals surface area contributed by atoms with Crippen molar-refractivity contribution in [2.24, 2.45) is 0 Å². The van der Waals surface area contributed by atoms with Gasteiger partial charge >= 0.3 is 0 Å². The van der Waals surface area contributed by atoms with E-state index < -0.39 is 11.6 Å². The summed E-state index contributed by atoms with van der Waals surface area (Å²) < 4.78 is 26.4. The summed E-state index contributed by atoms with van der Waals surface area (Å²) >= 11 is 1.69. The van der Waals surface area contributed by atoms with Gasteiger partial charge in [-0.1, -0.05) is 0 Å². The molecule has 4 heteroatoms. The van der Waals surface area contributed by atoms with Gasteiger partial charge in [0.25, 0.3) is 0 Å². The molecule has 0 amide bonds. The van der Waals surface area contributed by atoms with Crippen LogP contribution in [0.2, 0.25) is 0 Å². The Balaban J connectivity index is 2.51. The minimum absolute atomic E-state index is 0.00403. The molecule has 76 valence electrons. The van der Waals surface area contributed by atoms with Gasteiger partial charge in [-0.05, 0) is 18.7 Å². The van der Waals surface area contributed by atoms with Gasteiger partial charge in [0, 0.05) is 29.2 Å². The molecular weight excluding hydrogens is 204 g/mol. The van der Waals surface area contributed by atoms with Crippen LogP contribution >= 0.6 is 11.8 Å². The van der Waals surface area contributed by atoms with Gasteiger partial charge in [0.1, 0.15) is 11.6 Å². The third-order valence-corrected chi connectivity index (χ3v) is 3.50. The molecule has 2 rings (SSSR count). The fourth-order valence-electron chi connectivity index (χ4n) is 1.75. The van der Waals surface area contributed by atoms with E-state index in [-0.39, 0.29) is 6.04 Å². The van der Waals surface area contributed by atoms with Gasteiger partial charge in [-0.25, -0.2) is 8.78 Å². The summed E-state index contributed by atoms with van der Waals surface area (Å²) in [6.07, 6.45) is 0. The third-order valence-electron chi connectivity index (χ3n) is 2.42. The Kier molecular flexibility index (Phi) is 2.74. The number of rotatable bonds is 1. The monoisotopic (exact) mass is 215 g/mol. The summed E-state index contributed by atoms with van der Waals surface area (Å²) in [5.41, 5.74) is 1.41. The van der Waals surface area contributed by atoms with E-state index in [4.69, 9.17) is 0 Å². The topological polar surface area (TPSA) is 12.0 Å². The number of nitrogens with one attached hydrogen (secondary N) is 1. The number of hydrogen-bond acceptors (Lipinski definition) is 2. The third kappa shape index (κ3) is 1.64. The summed E-state index contributed by atoms with van der Waals surface area (Å²) in [5, 5.41) is 3.04. The standard InChI is InChI=1S/C10H11F2NS/c1-13-9-5-14-4-6-2-7(11)3-8(12)10(6)9/h2-3,9,13H,4-5H2,1H3. The maximum Gasteiger partial charge on any atom is 0.131 e. The molecule has 1 atom stereocenters. The van der Waals surface area contributed by atoms with E-state index in [1.165, 1.54) is 6.07 Å². The number of thioether (sulfide) groups is 1. The molecule has 1 aromatic rings. The van der Waals surface area contributed by atoms with Crippen molar-refractivity contribution in [2.75, 3.05) is 12.8 Å². The van der Waals surface area contributed by atoms with Gasteiger partial charge in [0.15, 0.2) is 0 Å². The Labute approximate surface area is 85.9 Å². The predicted molar refractivity (Wildman–Crippen MR) is 54.3 cm³/mol. The van der Waals surface area contributed by atoms with Crippen LogP contribution in [0.15, 0.2) is 12.1 Å². The predicted octanol–water partition coefficient (Wildman–Crippen LogP) is 2.47. The molecule has 0 aliphatic carbocycles. The zero-order chi connectivity index (χ0) is 10.1. The van der Waals surface area contributed by atoms with Crippen LogP contribution in [-0.4, -0.2) is 12.8 Å². The molecule has 1 heterocycles. The minimum atomic E-state index is -0.487. The van der Waals surface area contributed by atoms with Crippen molar-refractivity contribution < 1.29 is 8.78 Å². The molecular formula is C10H11F2NS. The van der Waals surface area contributed by atoms with E-state index in [1.807, 2.05) is 0 Å². The average molecular weight is 215 g/mol. The summed E-state index contributed by atoms with van der Waals surface area (Å²) in [6.45, 7) is 0. The van der Waals surface area contributed by atoms with Crippen LogP contribution in [0.5, 0.6) is 0 Å². The second kappa shape index (κ2) is 3.87. The fraction of sp³-hybridized carbons (Fsp3) is 0.400. The number of fused-ring (bicyclic) bond motifs is 1.